The molecule has 0 N–H and O–H groups in total. The molecule has 25 heavy (non-hydrogen) atoms. The maximum Gasteiger partial charge on any atom is 0.334 e. The summed E-state index contributed by atoms with van der Waals surface area (Å²) in [4.78, 5) is 51.4. The highest BCUT2D eigenvalue weighted by atomic mass is 16.2. The van der Waals surface area contributed by atoms with Crippen LogP contribution in [0.3, 0.4) is 0 Å². The van der Waals surface area contributed by atoms with Gasteiger partial charge in [0.15, 0.2) is 5.78 Å². The van der Waals surface area contributed by atoms with Crippen LogP contribution in [0.4, 0.5) is 4.79 Å². The minimum Gasteiger partial charge on any atom is -0.292 e. The second-order valence-corrected chi connectivity index (χ2v) is 6.86. The molecule has 6 heteroatoms. The second-order valence-electron chi connectivity index (χ2n) is 6.86. The van der Waals surface area contributed by atoms with Gasteiger partial charge in [0, 0.05) is 11.6 Å². The third-order valence-corrected chi connectivity index (χ3v) is 5.15. The quantitative estimate of drug-likeness (QED) is 0.479. The van der Waals surface area contributed by atoms with Crippen molar-refractivity contribution in [2.75, 3.05) is 6.54 Å². The topological polar surface area (TPSA) is 74.8 Å². The predicted octanol–water partition coefficient (Wildman–Crippen LogP) is 2.61. The van der Waals surface area contributed by atoms with Gasteiger partial charge >= 0.3 is 17.8 Å². The van der Waals surface area contributed by atoms with Crippen molar-refractivity contribution < 1.29 is 19.2 Å². The van der Waals surface area contributed by atoms with E-state index in [1.54, 1.807) is 12.1 Å². The molecule has 1 aliphatic carbocycles. The van der Waals surface area contributed by atoms with Crippen LogP contribution < -0.4 is 0 Å². The molecule has 1 saturated heterocycles. The van der Waals surface area contributed by atoms with Crippen LogP contribution in [0.25, 0.3) is 0 Å². The summed E-state index contributed by atoms with van der Waals surface area (Å²) in [5.41, 5.74) is 2.46. The Balaban J connectivity index is 1.76. The van der Waals surface area contributed by atoms with Gasteiger partial charge in [-0.15, -0.1) is 0 Å². The van der Waals surface area contributed by atoms with Crippen molar-refractivity contribution in [2.24, 2.45) is 0 Å². The summed E-state index contributed by atoms with van der Waals surface area (Å²) in [6.45, 7) is 3.44. The molecule has 6 nitrogen and oxygen atoms in total. The highest BCUT2D eigenvalue weighted by Crippen LogP contribution is 2.27. The number of Topliss-reactive ketones (excluding diaryl/α,β-unsaturated/α-hetero) is 1. The van der Waals surface area contributed by atoms with Gasteiger partial charge in [0.05, 0.1) is 6.54 Å². The van der Waals surface area contributed by atoms with Crippen LogP contribution in [-0.2, 0) is 9.59 Å². The summed E-state index contributed by atoms with van der Waals surface area (Å²) in [6, 6.07) is 4.37. The second kappa shape index (κ2) is 6.78. The third kappa shape index (κ3) is 3.21. The Bertz CT molecular complexity index is 750. The Hall–Kier alpha value is -2.50. The number of imide groups is 2. The van der Waals surface area contributed by atoms with Crippen LogP contribution in [0.1, 0.15) is 53.6 Å². The van der Waals surface area contributed by atoms with Gasteiger partial charge in [-0.1, -0.05) is 31.4 Å². The zero-order chi connectivity index (χ0) is 18.1. The van der Waals surface area contributed by atoms with Gasteiger partial charge in [-0.25, -0.2) is 9.69 Å². The van der Waals surface area contributed by atoms with Crippen molar-refractivity contribution in [3.05, 3.63) is 34.9 Å². The first-order valence-corrected chi connectivity index (χ1v) is 8.69. The Morgan fingerprint density at radius 3 is 2.32 bits per heavy atom. The highest BCUT2D eigenvalue weighted by Gasteiger charge is 2.48. The van der Waals surface area contributed by atoms with E-state index in [0.717, 1.165) is 53.0 Å². The molecule has 1 aliphatic heterocycles. The number of urea groups is 1. The number of aryl methyl sites for hydroxylation is 2. The normalized spacial score (nSPS) is 19.0. The first-order valence-electron chi connectivity index (χ1n) is 8.69. The minimum absolute atomic E-state index is 0.223. The molecule has 0 bridgehead atoms. The van der Waals surface area contributed by atoms with Gasteiger partial charge in [-0.2, -0.15) is 0 Å². The molecule has 1 heterocycles. The summed E-state index contributed by atoms with van der Waals surface area (Å²) in [5.74, 6) is -2.04. The highest BCUT2D eigenvalue weighted by molar-refractivity contribution is 6.45. The lowest BCUT2D eigenvalue weighted by Gasteiger charge is -2.28. The molecule has 3 rings (SSSR count). The summed E-state index contributed by atoms with van der Waals surface area (Å²) in [5, 5.41) is 0. The van der Waals surface area contributed by atoms with E-state index in [4.69, 9.17) is 0 Å². The van der Waals surface area contributed by atoms with E-state index in [2.05, 4.69) is 0 Å². The SMILES string of the molecule is Cc1ccc(C(=O)CN2C(=O)C(=O)N(C3CCCCC3)C2=O)cc1C. The fourth-order valence-electron chi connectivity index (χ4n) is 3.47. The van der Waals surface area contributed by atoms with E-state index in [0.29, 0.717) is 5.56 Å². The Labute approximate surface area is 146 Å². The number of hydrogen-bond acceptors (Lipinski definition) is 4. The monoisotopic (exact) mass is 342 g/mol. The molecular weight excluding hydrogens is 320 g/mol. The van der Waals surface area contributed by atoms with E-state index >= 15 is 0 Å². The van der Waals surface area contributed by atoms with E-state index in [9.17, 15) is 19.2 Å². The van der Waals surface area contributed by atoms with Crippen molar-refractivity contribution >= 4 is 23.6 Å². The average molecular weight is 342 g/mol. The molecule has 1 saturated carbocycles. The van der Waals surface area contributed by atoms with Crippen LogP contribution >= 0.6 is 0 Å². The first-order chi connectivity index (χ1) is 11.9. The fourth-order valence-corrected chi connectivity index (χ4v) is 3.47. The largest absolute Gasteiger partial charge is 0.334 e. The van der Waals surface area contributed by atoms with Crippen LogP contribution in [0.15, 0.2) is 18.2 Å². The van der Waals surface area contributed by atoms with Gasteiger partial charge in [0.25, 0.3) is 0 Å². The predicted molar refractivity (Wildman–Crippen MR) is 91.1 cm³/mol. The summed E-state index contributed by atoms with van der Waals surface area (Å²) < 4.78 is 0. The van der Waals surface area contributed by atoms with Gasteiger partial charge in [-0.05, 0) is 43.9 Å². The van der Waals surface area contributed by atoms with E-state index in [-0.39, 0.29) is 11.8 Å². The molecule has 4 amide bonds. The number of carbonyl (C=O) groups excluding carboxylic acids is 4. The zero-order valence-corrected chi connectivity index (χ0v) is 14.6. The molecule has 1 aromatic carbocycles. The number of nitrogens with zero attached hydrogens (tertiary/aromatic N) is 2. The number of amides is 4. The Morgan fingerprint density at radius 1 is 1.00 bits per heavy atom. The number of ketones is 1. The lowest BCUT2D eigenvalue weighted by Crippen LogP contribution is -2.43. The van der Waals surface area contributed by atoms with Crippen LogP contribution in [0.5, 0.6) is 0 Å². The minimum atomic E-state index is -0.896. The van der Waals surface area contributed by atoms with Gasteiger partial charge in [-0.3, -0.25) is 19.3 Å². The molecule has 0 unspecified atom stereocenters. The Kier molecular flexibility index (Phi) is 4.70. The van der Waals surface area contributed by atoms with E-state index in [1.165, 1.54) is 0 Å². The number of carbonyl (C=O) groups is 4. The molecule has 2 aliphatic rings. The number of benzene rings is 1. The molecule has 0 aromatic heterocycles. The van der Waals surface area contributed by atoms with E-state index < -0.39 is 24.4 Å². The summed E-state index contributed by atoms with van der Waals surface area (Å²) in [7, 11) is 0. The summed E-state index contributed by atoms with van der Waals surface area (Å²) in [6.07, 6.45) is 4.41. The standard InChI is InChI=1S/C19H22N2O4/c1-12-8-9-14(10-13(12)2)16(22)11-20-17(23)18(24)21(19(20)25)15-6-4-3-5-7-15/h8-10,15H,3-7,11H2,1-2H3. The molecular formula is C19H22N2O4. The fraction of sp³-hybridized carbons (Fsp3) is 0.474. The van der Waals surface area contributed by atoms with Crippen molar-refractivity contribution in [1.29, 1.82) is 0 Å². The number of hydrogen-bond donors (Lipinski definition) is 0. The van der Waals surface area contributed by atoms with Crippen LogP contribution in [0.2, 0.25) is 0 Å². The molecule has 0 atom stereocenters. The average Bonchev–Trinajstić information content (AvgIpc) is 2.81. The Morgan fingerprint density at radius 2 is 1.68 bits per heavy atom. The molecule has 0 radical (unpaired) electrons. The molecule has 132 valence electrons. The lowest BCUT2D eigenvalue weighted by atomic mass is 9.94. The van der Waals surface area contributed by atoms with Crippen LogP contribution in [0, 0.1) is 13.8 Å². The smallest absolute Gasteiger partial charge is 0.292 e. The maximum absolute atomic E-state index is 12.6. The molecule has 0 spiro atoms. The molecule has 2 fully saturated rings. The van der Waals surface area contributed by atoms with Gasteiger partial charge < -0.3 is 0 Å². The maximum atomic E-state index is 12.6. The van der Waals surface area contributed by atoms with Crippen molar-refractivity contribution in [3.63, 3.8) is 0 Å². The van der Waals surface area contributed by atoms with Gasteiger partial charge in [0.2, 0.25) is 0 Å². The van der Waals surface area contributed by atoms with Gasteiger partial charge in [0.1, 0.15) is 0 Å². The lowest BCUT2D eigenvalue weighted by molar-refractivity contribution is -0.144. The van der Waals surface area contributed by atoms with Crippen molar-refractivity contribution in [1.82, 2.24) is 9.80 Å². The van der Waals surface area contributed by atoms with Crippen molar-refractivity contribution in [2.45, 2.75) is 52.0 Å². The number of rotatable bonds is 4. The van der Waals surface area contributed by atoms with Crippen molar-refractivity contribution in [3.8, 4) is 0 Å². The zero-order valence-electron chi connectivity index (χ0n) is 14.6. The third-order valence-electron chi connectivity index (χ3n) is 5.15. The van der Waals surface area contributed by atoms with Crippen LogP contribution in [-0.4, -0.2) is 46.0 Å². The summed E-state index contributed by atoms with van der Waals surface area (Å²) >= 11 is 0. The molecule has 1 aromatic rings. The van der Waals surface area contributed by atoms with E-state index in [1.807, 2.05) is 19.9 Å². The first kappa shape index (κ1) is 17.3.